The summed E-state index contributed by atoms with van der Waals surface area (Å²) in [6.07, 6.45) is 3.12. The average Bonchev–Trinajstić information content (AvgIpc) is 3.00. The molecule has 0 aliphatic carbocycles. The van der Waals surface area contributed by atoms with Crippen LogP contribution in [0.4, 0.5) is 5.69 Å². The van der Waals surface area contributed by atoms with Gasteiger partial charge in [-0.1, -0.05) is 86.7 Å². The van der Waals surface area contributed by atoms with Crippen molar-refractivity contribution in [3.8, 4) is 0 Å². The van der Waals surface area contributed by atoms with Gasteiger partial charge in [-0.05, 0) is 68.4 Å². The highest BCUT2D eigenvalue weighted by Gasteiger charge is 2.58. The summed E-state index contributed by atoms with van der Waals surface area (Å²) in [6.45, 7) is 8.66. The molecule has 0 aliphatic heterocycles. The van der Waals surface area contributed by atoms with Gasteiger partial charge >= 0.3 is 17.9 Å². The summed E-state index contributed by atoms with van der Waals surface area (Å²) >= 11 is 0. The molecule has 2 atom stereocenters. The predicted octanol–water partition coefficient (Wildman–Crippen LogP) is 7.48. The summed E-state index contributed by atoms with van der Waals surface area (Å²) in [6, 6.07) is 24.0. The summed E-state index contributed by atoms with van der Waals surface area (Å²) in [7, 11) is 0. The van der Waals surface area contributed by atoms with Gasteiger partial charge in [0.2, 0.25) is 0 Å². The Balaban J connectivity index is 2.10. The number of hydrogen-bond donors (Lipinski definition) is 0. The first-order chi connectivity index (χ1) is 21.3. The standard InChI is InChI=1S/C36H41NO8/c1-26(2)23-31(32(38)43-24-28-13-8-6-9-14-28)36(34(40)45-35(3,4)5,33(39)44-25-29-15-10-7-11-16-29)22-12-17-27-18-20-30(21-19-27)37(41)42/h6-21,26,31H,22-25H2,1-5H3/t31-,36?/m0/s1. The molecule has 3 aromatic rings. The Morgan fingerprint density at radius 3 is 1.82 bits per heavy atom. The summed E-state index contributed by atoms with van der Waals surface area (Å²) in [4.78, 5) is 53.1. The Hall–Kier alpha value is -4.79. The van der Waals surface area contributed by atoms with Gasteiger partial charge in [0.05, 0.1) is 10.8 Å². The van der Waals surface area contributed by atoms with Crippen molar-refractivity contribution in [2.24, 2.45) is 17.3 Å². The zero-order chi connectivity index (χ0) is 33.0. The molecule has 0 saturated heterocycles. The first-order valence-electron chi connectivity index (χ1n) is 14.9. The molecule has 9 nitrogen and oxygen atoms in total. The van der Waals surface area contributed by atoms with Crippen molar-refractivity contribution in [3.05, 3.63) is 118 Å². The van der Waals surface area contributed by atoms with Crippen molar-refractivity contribution >= 4 is 29.7 Å². The Kier molecular flexibility index (Phi) is 12.2. The molecule has 0 spiro atoms. The Morgan fingerprint density at radius 1 is 0.800 bits per heavy atom. The van der Waals surface area contributed by atoms with Gasteiger partial charge in [-0.3, -0.25) is 24.5 Å². The lowest BCUT2D eigenvalue weighted by Crippen LogP contribution is -2.52. The van der Waals surface area contributed by atoms with Crippen LogP contribution < -0.4 is 0 Å². The van der Waals surface area contributed by atoms with Crippen LogP contribution >= 0.6 is 0 Å². The van der Waals surface area contributed by atoms with E-state index in [9.17, 15) is 24.5 Å². The molecule has 0 fully saturated rings. The minimum absolute atomic E-state index is 0.0453. The number of non-ortho nitro benzene ring substituents is 1. The van der Waals surface area contributed by atoms with Crippen molar-refractivity contribution in [2.75, 3.05) is 0 Å². The molecule has 0 amide bonds. The van der Waals surface area contributed by atoms with E-state index in [0.29, 0.717) is 11.1 Å². The van der Waals surface area contributed by atoms with E-state index < -0.39 is 39.8 Å². The lowest BCUT2D eigenvalue weighted by molar-refractivity contribution is -0.384. The number of benzene rings is 3. The number of allylic oxidation sites excluding steroid dienone is 1. The molecule has 0 aliphatic rings. The largest absolute Gasteiger partial charge is 0.461 e. The first-order valence-corrected chi connectivity index (χ1v) is 14.9. The van der Waals surface area contributed by atoms with Gasteiger partial charge in [0.25, 0.3) is 5.69 Å². The van der Waals surface area contributed by atoms with Crippen molar-refractivity contribution in [1.82, 2.24) is 0 Å². The molecule has 1 unspecified atom stereocenters. The fourth-order valence-corrected chi connectivity index (χ4v) is 4.79. The van der Waals surface area contributed by atoms with Crippen molar-refractivity contribution in [1.29, 1.82) is 0 Å². The normalized spacial score (nSPS) is 13.6. The minimum atomic E-state index is -2.10. The van der Waals surface area contributed by atoms with Crippen LogP contribution in [0.1, 0.15) is 64.2 Å². The molecule has 3 rings (SSSR count). The molecule has 0 aromatic heterocycles. The zero-order valence-corrected chi connectivity index (χ0v) is 26.4. The van der Waals surface area contributed by atoms with Gasteiger partial charge in [0.15, 0.2) is 5.41 Å². The van der Waals surface area contributed by atoms with Crippen LogP contribution in [0.25, 0.3) is 6.08 Å². The summed E-state index contributed by atoms with van der Waals surface area (Å²) in [5, 5.41) is 11.1. The summed E-state index contributed by atoms with van der Waals surface area (Å²) < 4.78 is 17.4. The Bertz CT molecular complexity index is 1460. The maximum absolute atomic E-state index is 14.3. The lowest BCUT2D eigenvalue weighted by Gasteiger charge is -2.37. The molecule has 9 heteroatoms. The Morgan fingerprint density at radius 2 is 1.33 bits per heavy atom. The van der Waals surface area contributed by atoms with Crippen LogP contribution in [0.5, 0.6) is 0 Å². The molecule has 3 aromatic carbocycles. The number of carbonyl (C=O) groups is 3. The topological polar surface area (TPSA) is 122 Å². The highest BCUT2D eigenvalue weighted by atomic mass is 16.6. The second-order valence-corrected chi connectivity index (χ2v) is 12.3. The molecule has 0 bridgehead atoms. The van der Waals surface area contributed by atoms with Crippen LogP contribution in [-0.2, 0) is 41.8 Å². The predicted molar refractivity (Wildman–Crippen MR) is 170 cm³/mol. The number of nitrogens with zero attached hydrogens (tertiary/aromatic N) is 1. The van der Waals surface area contributed by atoms with E-state index in [1.165, 1.54) is 12.1 Å². The quantitative estimate of drug-likeness (QED) is 0.0602. The third-order valence-corrected chi connectivity index (χ3v) is 7.00. The van der Waals surface area contributed by atoms with Crippen molar-refractivity contribution in [2.45, 2.75) is 66.3 Å². The number of ether oxygens (including phenoxy) is 3. The molecule has 0 saturated carbocycles. The molecule has 0 radical (unpaired) electrons. The monoisotopic (exact) mass is 615 g/mol. The number of nitro benzene ring substituents is 1. The van der Waals surface area contributed by atoms with E-state index in [1.54, 1.807) is 69.3 Å². The highest BCUT2D eigenvalue weighted by Crippen LogP contribution is 2.42. The summed E-state index contributed by atoms with van der Waals surface area (Å²) in [5.41, 5.74) is -1.10. The van der Waals surface area contributed by atoms with Gasteiger partial charge in [-0.2, -0.15) is 0 Å². The SMILES string of the molecule is CC(C)C[C@@H](C(=O)OCc1ccccc1)C(CC=Cc1ccc([N+](=O)[O-])cc1)(C(=O)OCc1ccccc1)C(=O)OC(C)(C)C. The number of rotatable bonds is 14. The third kappa shape index (κ3) is 10.1. The molecule has 238 valence electrons. The van der Waals surface area contributed by atoms with Crippen molar-refractivity contribution < 1.29 is 33.5 Å². The highest BCUT2D eigenvalue weighted by molar-refractivity contribution is 6.04. The van der Waals surface area contributed by atoms with Gasteiger partial charge in [-0.15, -0.1) is 0 Å². The molecule has 45 heavy (non-hydrogen) atoms. The van der Waals surface area contributed by atoms with E-state index >= 15 is 0 Å². The van der Waals surface area contributed by atoms with E-state index in [0.717, 1.165) is 5.56 Å². The molecule has 0 N–H and O–H groups in total. The lowest BCUT2D eigenvalue weighted by atomic mass is 9.69. The van der Waals surface area contributed by atoms with Gasteiger partial charge < -0.3 is 14.2 Å². The van der Waals surface area contributed by atoms with Gasteiger partial charge in [0.1, 0.15) is 18.8 Å². The van der Waals surface area contributed by atoms with Crippen molar-refractivity contribution in [3.63, 3.8) is 0 Å². The molecule has 0 heterocycles. The number of carbonyl (C=O) groups excluding carboxylic acids is 3. The van der Waals surface area contributed by atoms with Crippen LogP contribution in [0.2, 0.25) is 0 Å². The van der Waals surface area contributed by atoms with Crippen LogP contribution in [0.15, 0.2) is 91.0 Å². The second-order valence-electron chi connectivity index (χ2n) is 12.3. The van der Waals surface area contributed by atoms with Gasteiger partial charge in [-0.25, -0.2) is 0 Å². The van der Waals surface area contributed by atoms with E-state index in [1.807, 2.05) is 50.2 Å². The number of nitro groups is 1. The fourth-order valence-electron chi connectivity index (χ4n) is 4.79. The minimum Gasteiger partial charge on any atom is -0.461 e. The zero-order valence-electron chi connectivity index (χ0n) is 26.4. The summed E-state index contributed by atoms with van der Waals surface area (Å²) in [5.74, 6) is -3.89. The smallest absolute Gasteiger partial charge is 0.325 e. The number of hydrogen-bond acceptors (Lipinski definition) is 8. The second kappa shape index (κ2) is 15.8. The van der Waals surface area contributed by atoms with Crippen LogP contribution in [0, 0.1) is 27.4 Å². The van der Waals surface area contributed by atoms with E-state index in [4.69, 9.17) is 14.2 Å². The maximum Gasteiger partial charge on any atom is 0.325 e. The fraction of sp³-hybridized carbons (Fsp3) is 0.361. The van der Waals surface area contributed by atoms with E-state index in [-0.39, 0.29) is 37.7 Å². The first kappa shape index (κ1) is 34.7. The van der Waals surface area contributed by atoms with E-state index in [2.05, 4.69) is 0 Å². The molecular formula is C36H41NO8. The van der Waals surface area contributed by atoms with Gasteiger partial charge in [0, 0.05) is 12.1 Å². The third-order valence-electron chi connectivity index (χ3n) is 7.00. The van der Waals surface area contributed by atoms with Crippen LogP contribution in [-0.4, -0.2) is 28.4 Å². The maximum atomic E-state index is 14.3. The number of esters is 3. The molecular weight excluding hydrogens is 574 g/mol. The Labute approximate surface area is 264 Å². The average molecular weight is 616 g/mol. The van der Waals surface area contributed by atoms with Crippen LogP contribution in [0.3, 0.4) is 0 Å².